The van der Waals surface area contributed by atoms with E-state index in [1.54, 1.807) is 18.2 Å². The monoisotopic (exact) mass is 304 g/mol. The topological polar surface area (TPSA) is 0 Å². The fourth-order valence-electron chi connectivity index (χ4n) is 1.66. The highest BCUT2D eigenvalue weighted by Crippen LogP contribution is 2.36. The van der Waals surface area contributed by atoms with Crippen LogP contribution in [0.4, 0.5) is 8.78 Å². The van der Waals surface area contributed by atoms with Crippen molar-refractivity contribution in [2.75, 3.05) is 0 Å². The normalized spacial score (nSPS) is 13.3. The first-order valence-electron chi connectivity index (χ1n) is 4.70. The van der Waals surface area contributed by atoms with E-state index in [-0.39, 0.29) is 0 Å². The van der Waals surface area contributed by atoms with E-state index in [0.717, 1.165) is 10.8 Å². The quantitative estimate of drug-likeness (QED) is 0.669. The lowest BCUT2D eigenvalue weighted by molar-refractivity contribution is 0.148. The largest absolute Gasteiger partial charge is 0.255 e. The summed E-state index contributed by atoms with van der Waals surface area (Å²) < 4.78 is 25.3. The Morgan fingerprint density at radius 1 is 1.00 bits per heavy atom. The lowest BCUT2D eigenvalue weighted by Crippen LogP contribution is -2.02. The van der Waals surface area contributed by atoms with Crippen molar-refractivity contribution in [3.63, 3.8) is 0 Å². The molecule has 0 aliphatic heterocycles. The fraction of sp³-hybridized carbons (Fsp3) is 0.167. The summed E-state index contributed by atoms with van der Waals surface area (Å²) in [6.45, 7) is 0. The highest BCUT2D eigenvalue weighted by atomic mass is 79.9. The second-order valence-electron chi connectivity index (χ2n) is 3.42. The predicted octanol–water partition coefficient (Wildman–Crippen LogP) is 5.19. The average molecular weight is 306 g/mol. The molecule has 0 bridgehead atoms. The Labute approximate surface area is 105 Å². The third-order valence-corrected chi connectivity index (χ3v) is 3.65. The summed E-state index contributed by atoms with van der Waals surface area (Å²) in [5.41, 5.74) is 0.565. The molecule has 0 saturated carbocycles. The summed E-state index contributed by atoms with van der Waals surface area (Å²) >= 11 is 9.01. The van der Waals surface area contributed by atoms with Crippen molar-refractivity contribution in [3.05, 3.63) is 47.0 Å². The Hall–Kier alpha value is -0.670. The SMILES string of the molecule is FC(F)C(Br)c1ccc(Cl)c2ccccc12. The second kappa shape index (κ2) is 4.68. The standard InChI is InChI=1S/C12H8BrClF2/c13-11(12(15)16)9-5-6-10(14)8-4-2-1-3-7(8)9/h1-6,11-12H. The molecule has 1 atom stereocenters. The predicted molar refractivity (Wildman–Crippen MR) is 66.6 cm³/mol. The number of rotatable bonds is 2. The molecular formula is C12H8BrClF2. The van der Waals surface area contributed by atoms with Gasteiger partial charge in [0.2, 0.25) is 0 Å². The summed E-state index contributed by atoms with van der Waals surface area (Å²) in [4.78, 5) is -0.963. The van der Waals surface area contributed by atoms with Gasteiger partial charge in [0.15, 0.2) is 0 Å². The van der Waals surface area contributed by atoms with Gasteiger partial charge in [0, 0.05) is 10.4 Å². The summed E-state index contributed by atoms with van der Waals surface area (Å²) in [7, 11) is 0. The number of benzene rings is 2. The molecule has 0 nitrogen and oxygen atoms in total. The van der Waals surface area contributed by atoms with Gasteiger partial charge >= 0.3 is 0 Å². The Morgan fingerprint density at radius 3 is 2.25 bits per heavy atom. The van der Waals surface area contributed by atoms with Crippen molar-refractivity contribution in [2.24, 2.45) is 0 Å². The summed E-state index contributed by atoms with van der Waals surface area (Å²) in [5, 5.41) is 2.14. The zero-order valence-corrected chi connectivity index (χ0v) is 10.5. The molecule has 0 aliphatic carbocycles. The van der Waals surface area contributed by atoms with Crippen LogP contribution < -0.4 is 0 Å². The maximum Gasteiger partial charge on any atom is 0.255 e. The van der Waals surface area contributed by atoms with Crippen LogP contribution >= 0.6 is 27.5 Å². The van der Waals surface area contributed by atoms with E-state index < -0.39 is 11.3 Å². The van der Waals surface area contributed by atoms with Crippen LogP contribution in [0, 0.1) is 0 Å². The van der Waals surface area contributed by atoms with E-state index in [2.05, 4.69) is 15.9 Å². The first-order valence-corrected chi connectivity index (χ1v) is 6.00. The van der Waals surface area contributed by atoms with Crippen molar-refractivity contribution in [1.29, 1.82) is 0 Å². The van der Waals surface area contributed by atoms with Gasteiger partial charge in [-0.05, 0) is 17.0 Å². The summed E-state index contributed by atoms with van der Waals surface area (Å²) in [5.74, 6) is 0. The van der Waals surface area contributed by atoms with Gasteiger partial charge in [0.1, 0.15) is 4.83 Å². The molecule has 2 aromatic carbocycles. The molecule has 16 heavy (non-hydrogen) atoms. The van der Waals surface area contributed by atoms with Crippen LogP contribution in [0.1, 0.15) is 10.4 Å². The van der Waals surface area contributed by atoms with Crippen LogP contribution in [0.5, 0.6) is 0 Å². The summed E-state index contributed by atoms with van der Waals surface area (Å²) in [6, 6.07) is 10.6. The molecule has 0 N–H and O–H groups in total. The van der Waals surface area contributed by atoms with Crippen LogP contribution in [0.25, 0.3) is 10.8 Å². The molecule has 0 saturated heterocycles. The molecule has 0 fully saturated rings. The maximum atomic E-state index is 12.7. The van der Waals surface area contributed by atoms with Crippen molar-refractivity contribution < 1.29 is 8.78 Å². The molecule has 0 amide bonds. The lowest BCUT2D eigenvalue weighted by atomic mass is 10.0. The first kappa shape index (κ1) is 11.8. The van der Waals surface area contributed by atoms with Gasteiger partial charge in [0.05, 0.1) is 0 Å². The Kier molecular flexibility index (Phi) is 3.45. The van der Waals surface area contributed by atoms with Crippen LogP contribution in [0.15, 0.2) is 36.4 Å². The molecule has 84 valence electrons. The molecule has 1 unspecified atom stereocenters. The van der Waals surface area contributed by atoms with Gasteiger partial charge in [-0.1, -0.05) is 57.9 Å². The van der Waals surface area contributed by atoms with Gasteiger partial charge in [-0.3, -0.25) is 0 Å². The van der Waals surface area contributed by atoms with Crippen molar-refractivity contribution in [3.8, 4) is 0 Å². The van der Waals surface area contributed by atoms with Gasteiger partial charge in [0.25, 0.3) is 6.43 Å². The zero-order valence-electron chi connectivity index (χ0n) is 8.13. The number of hydrogen-bond acceptors (Lipinski definition) is 0. The van der Waals surface area contributed by atoms with E-state index in [1.165, 1.54) is 0 Å². The van der Waals surface area contributed by atoms with E-state index in [1.807, 2.05) is 18.2 Å². The highest BCUT2D eigenvalue weighted by Gasteiger charge is 2.21. The molecule has 2 rings (SSSR count). The third-order valence-electron chi connectivity index (χ3n) is 2.42. The minimum atomic E-state index is -2.44. The van der Waals surface area contributed by atoms with Crippen LogP contribution in [-0.2, 0) is 0 Å². The number of hydrogen-bond donors (Lipinski definition) is 0. The van der Waals surface area contributed by atoms with E-state index in [0.29, 0.717) is 10.6 Å². The minimum Gasteiger partial charge on any atom is -0.209 e. The number of alkyl halides is 3. The van der Waals surface area contributed by atoms with Crippen molar-refractivity contribution >= 4 is 38.3 Å². The molecule has 2 aromatic rings. The van der Waals surface area contributed by atoms with Crippen LogP contribution in [0.3, 0.4) is 0 Å². The Balaban J connectivity index is 2.67. The zero-order chi connectivity index (χ0) is 11.7. The average Bonchev–Trinajstić information content (AvgIpc) is 2.29. The van der Waals surface area contributed by atoms with E-state index in [9.17, 15) is 8.78 Å². The van der Waals surface area contributed by atoms with Gasteiger partial charge < -0.3 is 0 Å². The molecule has 0 spiro atoms. The maximum absolute atomic E-state index is 12.7. The van der Waals surface area contributed by atoms with Crippen LogP contribution in [-0.4, -0.2) is 6.43 Å². The number of fused-ring (bicyclic) bond motifs is 1. The van der Waals surface area contributed by atoms with Gasteiger partial charge in [-0.15, -0.1) is 0 Å². The first-order chi connectivity index (χ1) is 7.61. The Bertz CT molecular complexity index is 513. The highest BCUT2D eigenvalue weighted by molar-refractivity contribution is 9.09. The van der Waals surface area contributed by atoms with E-state index >= 15 is 0 Å². The van der Waals surface area contributed by atoms with Crippen LogP contribution in [0.2, 0.25) is 5.02 Å². The number of halogens is 4. The Morgan fingerprint density at radius 2 is 1.62 bits per heavy atom. The lowest BCUT2D eigenvalue weighted by Gasteiger charge is -2.13. The molecule has 0 aliphatic rings. The molecular weight excluding hydrogens is 297 g/mol. The van der Waals surface area contributed by atoms with Crippen molar-refractivity contribution in [2.45, 2.75) is 11.3 Å². The van der Waals surface area contributed by atoms with Crippen molar-refractivity contribution in [1.82, 2.24) is 0 Å². The van der Waals surface area contributed by atoms with Gasteiger partial charge in [-0.2, -0.15) is 0 Å². The molecule has 4 heteroatoms. The van der Waals surface area contributed by atoms with Gasteiger partial charge in [-0.25, -0.2) is 8.78 Å². The third kappa shape index (κ3) is 2.06. The fourth-order valence-corrected chi connectivity index (χ4v) is 2.29. The van der Waals surface area contributed by atoms with E-state index in [4.69, 9.17) is 11.6 Å². The minimum absolute atomic E-state index is 0.565. The second-order valence-corrected chi connectivity index (χ2v) is 4.81. The molecule has 0 aromatic heterocycles. The summed E-state index contributed by atoms with van der Waals surface area (Å²) in [6.07, 6.45) is -2.44. The smallest absolute Gasteiger partial charge is 0.209 e. The molecule has 0 radical (unpaired) electrons. The molecule has 0 heterocycles.